The van der Waals surface area contributed by atoms with Crippen molar-refractivity contribution < 1.29 is 9.53 Å². The fourth-order valence-corrected chi connectivity index (χ4v) is 2.15. The van der Waals surface area contributed by atoms with Gasteiger partial charge in [-0.05, 0) is 53.6 Å². The molecule has 0 aliphatic carbocycles. The summed E-state index contributed by atoms with van der Waals surface area (Å²) in [5, 5.41) is 4.09. The second-order valence-electron chi connectivity index (χ2n) is 3.68. The molecule has 0 saturated heterocycles. The maximum atomic E-state index is 11.9. The highest BCUT2D eigenvalue weighted by molar-refractivity contribution is 14.1. The van der Waals surface area contributed by atoms with E-state index >= 15 is 0 Å². The van der Waals surface area contributed by atoms with Crippen molar-refractivity contribution in [1.82, 2.24) is 5.43 Å². The van der Waals surface area contributed by atoms with Crippen molar-refractivity contribution in [3.05, 3.63) is 27.3 Å². The van der Waals surface area contributed by atoms with E-state index in [0.717, 1.165) is 27.9 Å². The zero-order valence-corrected chi connectivity index (χ0v) is 12.9. The second kappa shape index (κ2) is 7.35. The summed E-state index contributed by atoms with van der Waals surface area (Å²) in [6.07, 6.45) is 1.69. The molecular weight excluding hydrogens is 343 g/mol. The van der Waals surface area contributed by atoms with Crippen LogP contribution in [-0.4, -0.2) is 18.7 Å². The molecule has 0 atom stereocenters. The highest BCUT2D eigenvalue weighted by Crippen LogP contribution is 2.21. The number of nitrogens with one attached hydrogen (secondary N) is 1. The molecule has 0 aromatic heterocycles. The molecule has 1 N–H and O–H groups in total. The van der Waals surface area contributed by atoms with Crippen LogP contribution in [0.3, 0.4) is 0 Å². The van der Waals surface area contributed by atoms with Crippen molar-refractivity contribution in [3.8, 4) is 5.75 Å². The molecule has 98 valence electrons. The Balaban J connectivity index is 2.79. The largest absolute Gasteiger partial charge is 0.496 e. The fraction of sp³-hybridized carbons (Fsp3) is 0.385. The van der Waals surface area contributed by atoms with Gasteiger partial charge in [-0.25, -0.2) is 5.43 Å². The van der Waals surface area contributed by atoms with E-state index in [2.05, 4.69) is 33.1 Å². The van der Waals surface area contributed by atoms with Crippen LogP contribution in [0.2, 0.25) is 0 Å². The van der Waals surface area contributed by atoms with E-state index in [-0.39, 0.29) is 5.91 Å². The van der Waals surface area contributed by atoms with Crippen LogP contribution in [0.5, 0.6) is 5.75 Å². The van der Waals surface area contributed by atoms with Gasteiger partial charge in [0.2, 0.25) is 0 Å². The normalized spacial score (nSPS) is 9.78. The minimum Gasteiger partial charge on any atom is -0.496 e. The number of hydrazone groups is 1. The van der Waals surface area contributed by atoms with Gasteiger partial charge in [-0.3, -0.25) is 4.79 Å². The number of ether oxygens (including phenoxy) is 1. The molecular formula is C13H17IN2O2. The van der Waals surface area contributed by atoms with Gasteiger partial charge in [0.25, 0.3) is 5.91 Å². The third kappa shape index (κ3) is 3.97. The Kier molecular flexibility index (Phi) is 6.11. The van der Waals surface area contributed by atoms with E-state index in [9.17, 15) is 4.79 Å². The second-order valence-corrected chi connectivity index (χ2v) is 4.84. The molecule has 0 radical (unpaired) electrons. The molecule has 1 aromatic rings. The molecule has 0 saturated carbocycles. The van der Waals surface area contributed by atoms with E-state index in [1.165, 1.54) is 0 Å². The molecule has 1 amide bonds. The van der Waals surface area contributed by atoms with Gasteiger partial charge in [0.1, 0.15) is 5.75 Å². The molecule has 5 heteroatoms. The number of halogens is 1. The number of hydrogen-bond donors (Lipinski definition) is 1. The zero-order valence-electron chi connectivity index (χ0n) is 10.8. The van der Waals surface area contributed by atoms with Crippen molar-refractivity contribution in [3.63, 3.8) is 0 Å². The lowest BCUT2D eigenvalue weighted by Gasteiger charge is -2.06. The average Bonchev–Trinajstić information content (AvgIpc) is 2.39. The third-order valence-corrected chi connectivity index (χ3v) is 3.39. The van der Waals surface area contributed by atoms with Crippen molar-refractivity contribution >= 4 is 34.2 Å². The van der Waals surface area contributed by atoms with Gasteiger partial charge in [-0.2, -0.15) is 5.10 Å². The number of carbonyl (C=O) groups is 1. The quantitative estimate of drug-likeness (QED) is 0.498. The van der Waals surface area contributed by atoms with Crippen LogP contribution >= 0.6 is 22.6 Å². The summed E-state index contributed by atoms with van der Waals surface area (Å²) in [4.78, 5) is 11.9. The Labute approximate surface area is 121 Å². The van der Waals surface area contributed by atoms with Crippen molar-refractivity contribution in [2.75, 3.05) is 7.11 Å². The molecule has 0 bridgehead atoms. The minimum atomic E-state index is -0.199. The van der Waals surface area contributed by atoms with Crippen molar-refractivity contribution in [1.29, 1.82) is 0 Å². The van der Waals surface area contributed by atoms with Gasteiger partial charge in [-0.15, -0.1) is 0 Å². The summed E-state index contributed by atoms with van der Waals surface area (Å²) in [7, 11) is 1.61. The van der Waals surface area contributed by atoms with Crippen LogP contribution in [0.15, 0.2) is 23.3 Å². The molecule has 4 nitrogen and oxygen atoms in total. The van der Waals surface area contributed by atoms with Crippen LogP contribution in [-0.2, 0) is 0 Å². The van der Waals surface area contributed by atoms with Gasteiger partial charge in [0.05, 0.1) is 10.7 Å². The van der Waals surface area contributed by atoms with Crippen LogP contribution in [0.4, 0.5) is 0 Å². The molecule has 0 spiro atoms. The summed E-state index contributed by atoms with van der Waals surface area (Å²) in [5.74, 6) is 0.563. The highest BCUT2D eigenvalue weighted by atomic mass is 127. The number of rotatable bonds is 5. The Hall–Kier alpha value is -1.11. The number of benzene rings is 1. The molecule has 0 aliphatic rings. The topological polar surface area (TPSA) is 50.7 Å². The van der Waals surface area contributed by atoms with E-state index in [1.54, 1.807) is 25.3 Å². The molecule has 1 rings (SSSR count). The molecule has 18 heavy (non-hydrogen) atoms. The Morgan fingerprint density at radius 1 is 1.39 bits per heavy atom. The number of methoxy groups -OCH3 is 1. The first-order valence-corrected chi connectivity index (χ1v) is 6.89. The standard InChI is InChI=1S/C13H17IN2O2/c1-4-10(5-2)15-16-13(17)9-6-7-12(18-3)11(14)8-9/h6-8H,4-5H2,1-3H3,(H,16,17). The maximum Gasteiger partial charge on any atom is 0.271 e. The predicted octanol–water partition coefficient (Wildman–Crippen LogP) is 3.21. The van der Waals surface area contributed by atoms with E-state index in [0.29, 0.717) is 5.56 Å². The highest BCUT2D eigenvalue weighted by Gasteiger charge is 2.08. The van der Waals surface area contributed by atoms with E-state index < -0.39 is 0 Å². The summed E-state index contributed by atoms with van der Waals surface area (Å²) in [6, 6.07) is 5.28. The molecule has 0 unspecified atom stereocenters. The fourth-order valence-electron chi connectivity index (χ4n) is 1.41. The van der Waals surface area contributed by atoms with Crippen molar-refractivity contribution in [2.24, 2.45) is 5.10 Å². The van der Waals surface area contributed by atoms with Crippen LogP contribution < -0.4 is 10.2 Å². The average molecular weight is 360 g/mol. The van der Waals surface area contributed by atoms with Gasteiger partial charge in [0, 0.05) is 11.3 Å². The lowest BCUT2D eigenvalue weighted by Crippen LogP contribution is -2.19. The third-order valence-electron chi connectivity index (χ3n) is 2.55. The summed E-state index contributed by atoms with van der Waals surface area (Å²) in [6.45, 7) is 4.04. The Bertz CT molecular complexity index is 452. The van der Waals surface area contributed by atoms with Gasteiger partial charge in [-0.1, -0.05) is 13.8 Å². The molecule has 1 aromatic carbocycles. The number of nitrogens with zero attached hydrogens (tertiary/aromatic N) is 1. The summed E-state index contributed by atoms with van der Waals surface area (Å²) in [5.41, 5.74) is 4.13. The van der Waals surface area contributed by atoms with Gasteiger partial charge < -0.3 is 4.74 Å². The first-order valence-electron chi connectivity index (χ1n) is 5.81. The van der Waals surface area contributed by atoms with Crippen LogP contribution in [0, 0.1) is 3.57 Å². The lowest BCUT2D eigenvalue weighted by molar-refractivity contribution is 0.0954. The van der Waals surface area contributed by atoms with Crippen LogP contribution in [0.25, 0.3) is 0 Å². The summed E-state index contributed by atoms with van der Waals surface area (Å²) < 4.78 is 6.05. The van der Waals surface area contributed by atoms with Gasteiger partial charge >= 0.3 is 0 Å². The van der Waals surface area contributed by atoms with E-state index in [4.69, 9.17) is 4.74 Å². The Morgan fingerprint density at radius 3 is 2.56 bits per heavy atom. The van der Waals surface area contributed by atoms with Crippen LogP contribution in [0.1, 0.15) is 37.0 Å². The smallest absolute Gasteiger partial charge is 0.271 e. The Morgan fingerprint density at radius 2 is 2.06 bits per heavy atom. The lowest BCUT2D eigenvalue weighted by atomic mass is 10.2. The molecule has 0 heterocycles. The number of amides is 1. The first-order chi connectivity index (χ1) is 8.62. The number of hydrogen-bond acceptors (Lipinski definition) is 3. The monoisotopic (exact) mass is 360 g/mol. The van der Waals surface area contributed by atoms with Gasteiger partial charge in [0.15, 0.2) is 0 Å². The first kappa shape index (κ1) is 14.9. The molecule has 0 fully saturated rings. The SMILES string of the molecule is CCC(CC)=NNC(=O)c1ccc(OC)c(I)c1. The predicted molar refractivity (Wildman–Crippen MR) is 81.2 cm³/mol. The number of carbonyl (C=O) groups excluding carboxylic acids is 1. The maximum absolute atomic E-state index is 11.9. The summed E-state index contributed by atoms with van der Waals surface area (Å²) >= 11 is 2.14. The van der Waals surface area contributed by atoms with E-state index in [1.807, 2.05) is 13.8 Å². The van der Waals surface area contributed by atoms with Crippen molar-refractivity contribution in [2.45, 2.75) is 26.7 Å². The minimum absolute atomic E-state index is 0.199. The zero-order chi connectivity index (χ0) is 13.5. The molecule has 0 aliphatic heterocycles.